The summed E-state index contributed by atoms with van der Waals surface area (Å²) < 4.78 is 46.1. The Balaban J connectivity index is 0.00000462. The topological polar surface area (TPSA) is 127 Å². The van der Waals surface area contributed by atoms with Gasteiger partial charge in [-0.15, -0.1) is 0 Å². The fraction of sp³-hybridized carbons (Fsp3) is 0.115. The summed E-state index contributed by atoms with van der Waals surface area (Å²) >= 11 is 12.2. The van der Waals surface area contributed by atoms with Crippen molar-refractivity contribution in [2.24, 2.45) is 0 Å². The number of nitrogens with one attached hydrogen (secondary N) is 3. The van der Waals surface area contributed by atoms with Gasteiger partial charge in [-0.05, 0) is 48.9 Å². The second-order valence-electron chi connectivity index (χ2n) is 8.01. The highest BCUT2D eigenvalue weighted by molar-refractivity contribution is 6.32. The number of halogens is 5. The minimum absolute atomic E-state index is 0. The monoisotopic (exact) mass is 608 g/mol. The van der Waals surface area contributed by atoms with Crippen LogP contribution in [0, 0.1) is 6.92 Å². The molecule has 3 amide bonds. The first kappa shape index (κ1) is 30.9. The molecule has 10 nitrogen and oxygen atoms in total. The molecule has 0 unspecified atom stereocenters. The molecule has 2 heterocycles. The molecule has 214 valence electrons. The van der Waals surface area contributed by atoms with E-state index in [9.17, 15) is 27.6 Å². The van der Waals surface area contributed by atoms with Gasteiger partial charge in [0.1, 0.15) is 11.4 Å². The summed E-state index contributed by atoms with van der Waals surface area (Å²) in [7, 11) is 0. The first-order valence-corrected chi connectivity index (χ1v) is 11.9. The lowest BCUT2D eigenvalue weighted by molar-refractivity contribution is -0.141. The van der Waals surface area contributed by atoms with Crippen molar-refractivity contribution < 1.29 is 32.3 Å². The molecule has 0 aliphatic rings. The van der Waals surface area contributed by atoms with E-state index in [1.165, 1.54) is 49.5 Å². The van der Waals surface area contributed by atoms with Crippen LogP contribution >= 0.6 is 23.2 Å². The number of carbonyl (C=O) groups excluding carboxylic acids is 3. The highest BCUT2D eigenvalue weighted by Gasteiger charge is 2.37. The Labute approximate surface area is 241 Å². The van der Waals surface area contributed by atoms with Crippen molar-refractivity contribution in [1.82, 2.24) is 25.6 Å². The smallest absolute Gasteiger partial charge is 0.409 e. The van der Waals surface area contributed by atoms with Crippen LogP contribution in [0.15, 0.2) is 66.9 Å². The Hall–Kier alpha value is -4.62. The average Bonchev–Trinajstić information content (AvgIpc) is 3.36. The molecular formula is C26H21Cl2F3N6O4. The number of amides is 3. The summed E-state index contributed by atoms with van der Waals surface area (Å²) in [5.74, 6) is -2.00. The van der Waals surface area contributed by atoms with Gasteiger partial charge in [0.15, 0.2) is 11.5 Å². The fourth-order valence-electron chi connectivity index (χ4n) is 3.44. The standard InChI is InChI=1S/C25H17Cl2F3N6O4.CH4/c1-13-10-14(26)11-16(22(37)33-34-24(39)40-15-6-3-2-4-7-15)20(13)32-23(38)18-12-19(25(28,29)30)35-36(18)21-17(27)8-5-9-31-21;/h2-12H,1H3,(H,32,38)(H,33,37)(H,34,39);1H4. The molecule has 0 saturated carbocycles. The average molecular weight is 609 g/mol. The number of aromatic nitrogens is 3. The molecular weight excluding hydrogens is 588 g/mol. The number of anilines is 1. The van der Waals surface area contributed by atoms with Crippen LogP contribution in [0.5, 0.6) is 5.75 Å². The number of ether oxygens (including phenoxy) is 1. The number of alkyl halides is 3. The third kappa shape index (κ3) is 7.32. The van der Waals surface area contributed by atoms with Crippen molar-refractivity contribution in [1.29, 1.82) is 0 Å². The molecule has 0 aliphatic carbocycles. The number of hydrazine groups is 1. The predicted octanol–water partition coefficient (Wildman–Crippen LogP) is 6.22. The highest BCUT2D eigenvalue weighted by Crippen LogP contribution is 2.31. The highest BCUT2D eigenvalue weighted by atomic mass is 35.5. The van der Waals surface area contributed by atoms with Crippen LogP contribution in [0.2, 0.25) is 10.0 Å². The molecule has 0 atom stereocenters. The second-order valence-corrected chi connectivity index (χ2v) is 8.86. The van der Waals surface area contributed by atoms with Crippen molar-refractivity contribution in [3.8, 4) is 11.6 Å². The van der Waals surface area contributed by atoms with E-state index < -0.39 is 35.5 Å². The lowest BCUT2D eigenvalue weighted by atomic mass is 10.1. The van der Waals surface area contributed by atoms with Crippen LogP contribution in [0.3, 0.4) is 0 Å². The lowest BCUT2D eigenvalue weighted by Crippen LogP contribution is -2.43. The minimum atomic E-state index is -4.89. The summed E-state index contributed by atoms with van der Waals surface area (Å²) in [5, 5.41) is 5.94. The van der Waals surface area contributed by atoms with Crippen molar-refractivity contribution in [3.05, 3.63) is 99.4 Å². The first-order chi connectivity index (χ1) is 18.9. The van der Waals surface area contributed by atoms with Gasteiger partial charge in [-0.2, -0.15) is 18.3 Å². The van der Waals surface area contributed by atoms with Gasteiger partial charge in [-0.1, -0.05) is 48.8 Å². The normalized spacial score (nSPS) is 10.8. The fourth-order valence-corrected chi connectivity index (χ4v) is 3.91. The first-order valence-electron chi connectivity index (χ1n) is 11.2. The van der Waals surface area contributed by atoms with Crippen molar-refractivity contribution in [2.75, 3.05) is 5.32 Å². The van der Waals surface area contributed by atoms with Gasteiger partial charge < -0.3 is 10.1 Å². The van der Waals surface area contributed by atoms with E-state index in [2.05, 4.69) is 26.3 Å². The third-order valence-electron chi connectivity index (χ3n) is 5.19. The number of para-hydroxylation sites is 1. The van der Waals surface area contributed by atoms with E-state index in [1.807, 2.05) is 0 Å². The summed E-state index contributed by atoms with van der Waals surface area (Å²) in [5.41, 5.74) is 2.22. The van der Waals surface area contributed by atoms with Gasteiger partial charge in [0, 0.05) is 17.3 Å². The SMILES string of the molecule is C.Cc1cc(Cl)cc(C(=O)NNC(=O)Oc2ccccc2)c1NC(=O)c1cc(C(F)(F)F)nn1-c1ncccc1Cl. The Kier molecular flexibility index (Phi) is 9.58. The van der Waals surface area contributed by atoms with Crippen LogP contribution in [-0.2, 0) is 6.18 Å². The van der Waals surface area contributed by atoms with E-state index in [4.69, 9.17) is 27.9 Å². The molecule has 41 heavy (non-hydrogen) atoms. The van der Waals surface area contributed by atoms with Crippen LogP contribution in [0.25, 0.3) is 5.82 Å². The molecule has 2 aromatic heterocycles. The van der Waals surface area contributed by atoms with Crippen LogP contribution < -0.4 is 20.9 Å². The number of carbonyl (C=O) groups is 3. The maximum absolute atomic E-state index is 13.5. The summed E-state index contributed by atoms with van der Waals surface area (Å²) in [6.45, 7) is 1.50. The second kappa shape index (κ2) is 12.7. The molecule has 4 rings (SSSR count). The van der Waals surface area contributed by atoms with E-state index in [0.29, 0.717) is 10.7 Å². The van der Waals surface area contributed by atoms with Gasteiger partial charge >= 0.3 is 12.3 Å². The van der Waals surface area contributed by atoms with Crippen LogP contribution in [0.1, 0.15) is 39.5 Å². The zero-order chi connectivity index (χ0) is 29.0. The Morgan fingerprint density at radius 3 is 2.32 bits per heavy atom. The van der Waals surface area contributed by atoms with Crippen molar-refractivity contribution in [3.63, 3.8) is 0 Å². The molecule has 0 saturated heterocycles. The van der Waals surface area contributed by atoms with Crippen LogP contribution in [0.4, 0.5) is 23.7 Å². The largest absolute Gasteiger partial charge is 0.435 e. The molecule has 2 aromatic carbocycles. The quantitative estimate of drug-likeness (QED) is 0.231. The summed E-state index contributed by atoms with van der Waals surface area (Å²) in [6.07, 6.45) is -4.64. The maximum Gasteiger partial charge on any atom is 0.435 e. The van der Waals surface area contributed by atoms with Gasteiger partial charge in [-0.25, -0.2) is 19.9 Å². The number of benzene rings is 2. The Morgan fingerprint density at radius 2 is 1.66 bits per heavy atom. The van der Waals surface area contributed by atoms with Crippen LogP contribution in [-0.4, -0.2) is 32.7 Å². The zero-order valence-electron chi connectivity index (χ0n) is 20.2. The molecule has 4 aromatic rings. The van der Waals surface area contributed by atoms with Crippen molar-refractivity contribution >= 4 is 46.8 Å². The molecule has 3 N–H and O–H groups in total. The van der Waals surface area contributed by atoms with Crippen molar-refractivity contribution in [2.45, 2.75) is 20.5 Å². The zero-order valence-corrected chi connectivity index (χ0v) is 21.7. The number of hydrogen-bond donors (Lipinski definition) is 3. The minimum Gasteiger partial charge on any atom is -0.409 e. The van der Waals surface area contributed by atoms with E-state index in [1.54, 1.807) is 18.2 Å². The molecule has 0 aliphatic heterocycles. The molecule has 0 spiro atoms. The number of nitrogens with zero attached hydrogens (tertiary/aromatic N) is 3. The van der Waals surface area contributed by atoms with Gasteiger partial charge in [0.25, 0.3) is 11.8 Å². The number of pyridine rings is 1. The molecule has 0 fully saturated rings. The van der Waals surface area contributed by atoms with E-state index >= 15 is 0 Å². The number of rotatable bonds is 5. The Morgan fingerprint density at radius 1 is 0.951 bits per heavy atom. The lowest BCUT2D eigenvalue weighted by Gasteiger charge is -2.15. The predicted molar refractivity (Wildman–Crippen MR) is 145 cm³/mol. The third-order valence-corrected chi connectivity index (χ3v) is 5.70. The molecule has 0 bridgehead atoms. The van der Waals surface area contributed by atoms with Gasteiger partial charge in [-0.3, -0.25) is 15.0 Å². The van der Waals surface area contributed by atoms with Gasteiger partial charge in [0.05, 0.1) is 16.3 Å². The molecule has 15 heteroatoms. The van der Waals surface area contributed by atoms with Gasteiger partial charge in [0.2, 0.25) is 0 Å². The van der Waals surface area contributed by atoms with E-state index in [-0.39, 0.29) is 45.9 Å². The van der Waals surface area contributed by atoms with E-state index in [0.717, 1.165) is 0 Å². The molecule has 0 radical (unpaired) electrons. The summed E-state index contributed by atoms with van der Waals surface area (Å²) in [4.78, 5) is 42.2. The summed E-state index contributed by atoms with van der Waals surface area (Å²) in [6, 6.07) is 14.0. The number of hydrogen-bond acceptors (Lipinski definition) is 6. The Bertz CT molecular complexity index is 1600. The maximum atomic E-state index is 13.5. The number of aryl methyl sites for hydroxylation is 1.